The molecule has 0 fully saturated rings. The molecule has 23 heavy (non-hydrogen) atoms. The minimum atomic E-state index is -0.410. The summed E-state index contributed by atoms with van der Waals surface area (Å²) in [6.45, 7) is 8.37. The highest BCUT2D eigenvalue weighted by Crippen LogP contribution is 2.22. The van der Waals surface area contributed by atoms with Gasteiger partial charge in [0, 0.05) is 12.1 Å². The van der Waals surface area contributed by atoms with Crippen molar-refractivity contribution in [3.05, 3.63) is 29.9 Å². The Morgan fingerprint density at radius 2 is 2.22 bits per heavy atom. The average Bonchev–Trinajstić information content (AvgIpc) is 3.08. The van der Waals surface area contributed by atoms with Gasteiger partial charge in [-0.1, -0.05) is 13.8 Å². The first-order chi connectivity index (χ1) is 10.8. The van der Waals surface area contributed by atoms with Crippen LogP contribution >= 0.6 is 0 Å². The number of rotatable bonds is 7. The first-order valence-electron chi connectivity index (χ1n) is 7.84. The number of carbonyl (C=O) groups excluding carboxylic acids is 1. The van der Waals surface area contributed by atoms with Gasteiger partial charge in [0.1, 0.15) is 5.76 Å². The zero-order valence-corrected chi connectivity index (χ0v) is 14.2. The number of hydrogen-bond acceptors (Lipinski definition) is 5. The molecule has 6 heteroatoms. The van der Waals surface area contributed by atoms with Gasteiger partial charge >= 0.3 is 0 Å². The average molecular weight is 319 g/mol. The normalized spacial score (nSPS) is 14.0. The number of carbonyl (C=O) groups is 1. The van der Waals surface area contributed by atoms with Crippen LogP contribution in [0.5, 0.6) is 0 Å². The second-order valence-electron chi connectivity index (χ2n) is 6.59. The highest BCUT2D eigenvalue weighted by atomic mass is 16.4. The fourth-order valence-electron chi connectivity index (χ4n) is 2.72. The van der Waals surface area contributed by atoms with E-state index in [4.69, 9.17) is 14.6 Å². The Bertz CT molecular complexity index is 646. The molecule has 3 N–H and O–H groups in total. The van der Waals surface area contributed by atoms with E-state index in [1.165, 1.54) is 0 Å². The summed E-state index contributed by atoms with van der Waals surface area (Å²) in [5, 5.41) is 3.03. The second kappa shape index (κ2) is 7.00. The minimum Gasteiger partial charge on any atom is -0.459 e. The molecule has 6 nitrogen and oxygen atoms in total. The lowest BCUT2D eigenvalue weighted by Gasteiger charge is -2.31. The van der Waals surface area contributed by atoms with Crippen molar-refractivity contribution >= 4 is 5.91 Å². The summed E-state index contributed by atoms with van der Waals surface area (Å²) in [6.07, 6.45) is 2.54. The van der Waals surface area contributed by atoms with E-state index in [9.17, 15) is 4.79 Å². The summed E-state index contributed by atoms with van der Waals surface area (Å²) in [5.74, 6) is 1.89. The maximum atomic E-state index is 12.3. The third kappa shape index (κ3) is 4.45. The van der Waals surface area contributed by atoms with Gasteiger partial charge in [-0.3, -0.25) is 4.79 Å². The molecule has 2 rings (SSSR count). The fraction of sp³-hybridized carbons (Fsp3) is 0.529. The molecule has 0 aliphatic heterocycles. The Morgan fingerprint density at radius 3 is 2.78 bits per heavy atom. The summed E-state index contributed by atoms with van der Waals surface area (Å²) >= 11 is 0. The number of aromatic nitrogens is 1. The number of hydrogen-bond donors (Lipinski definition) is 2. The van der Waals surface area contributed by atoms with Crippen LogP contribution in [0.15, 0.2) is 27.2 Å². The number of nitrogens with zero attached hydrogens (tertiary/aromatic N) is 1. The topological polar surface area (TPSA) is 94.3 Å². The predicted octanol–water partition coefficient (Wildman–Crippen LogP) is 2.67. The Kier molecular flexibility index (Phi) is 5.26. The van der Waals surface area contributed by atoms with Crippen molar-refractivity contribution in [1.29, 1.82) is 0 Å². The Balaban J connectivity index is 2.05. The molecule has 126 valence electrons. The molecule has 2 aromatic rings. The van der Waals surface area contributed by atoms with Gasteiger partial charge in [0.15, 0.2) is 5.76 Å². The highest BCUT2D eigenvalue weighted by molar-refractivity contribution is 5.79. The van der Waals surface area contributed by atoms with Crippen molar-refractivity contribution in [2.75, 3.05) is 6.54 Å². The summed E-state index contributed by atoms with van der Waals surface area (Å²) in [4.78, 5) is 16.7. The van der Waals surface area contributed by atoms with Crippen LogP contribution in [0.25, 0.3) is 11.7 Å². The number of aryl methyl sites for hydroxylation is 1. The molecule has 2 aromatic heterocycles. The maximum Gasteiger partial charge on any atom is 0.263 e. The van der Waals surface area contributed by atoms with Crippen LogP contribution < -0.4 is 11.1 Å². The van der Waals surface area contributed by atoms with Crippen LogP contribution in [0, 0.1) is 12.8 Å². The van der Waals surface area contributed by atoms with Gasteiger partial charge in [0.2, 0.25) is 5.91 Å². The molecule has 1 atom stereocenters. The van der Waals surface area contributed by atoms with Crippen molar-refractivity contribution in [2.45, 2.75) is 46.1 Å². The molecule has 0 aromatic carbocycles. The van der Waals surface area contributed by atoms with Crippen LogP contribution in [-0.4, -0.2) is 23.0 Å². The van der Waals surface area contributed by atoms with E-state index in [-0.39, 0.29) is 12.3 Å². The van der Waals surface area contributed by atoms with Crippen LogP contribution in [0.4, 0.5) is 0 Å². The van der Waals surface area contributed by atoms with E-state index in [2.05, 4.69) is 24.1 Å². The Labute approximate surface area is 136 Å². The predicted molar refractivity (Wildman–Crippen MR) is 87.7 cm³/mol. The van der Waals surface area contributed by atoms with E-state index in [0.29, 0.717) is 35.6 Å². The fourth-order valence-corrected chi connectivity index (χ4v) is 2.72. The van der Waals surface area contributed by atoms with E-state index in [1.54, 1.807) is 25.3 Å². The second-order valence-corrected chi connectivity index (χ2v) is 6.59. The summed E-state index contributed by atoms with van der Waals surface area (Å²) < 4.78 is 10.8. The highest BCUT2D eigenvalue weighted by Gasteiger charge is 2.26. The van der Waals surface area contributed by atoms with E-state index >= 15 is 0 Å². The standard InChI is InChI=1S/C17H25N3O3/c1-11(2)9-17(4,10-18)20-15(21)8-13-12(3)23-16(19-13)14-6-5-7-22-14/h5-7,11H,8-10,18H2,1-4H3,(H,20,21). The molecule has 1 unspecified atom stereocenters. The number of nitrogens with two attached hydrogens (primary N) is 1. The third-order valence-corrected chi connectivity index (χ3v) is 3.70. The SMILES string of the molecule is Cc1oc(-c2ccco2)nc1CC(=O)NC(C)(CN)CC(C)C. The summed E-state index contributed by atoms with van der Waals surface area (Å²) in [6, 6.07) is 3.53. The quantitative estimate of drug-likeness (QED) is 0.818. The lowest BCUT2D eigenvalue weighted by Crippen LogP contribution is -2.52. The van der Waals surface area contributed by atoms with Gasteiger partial charge in [-0.25, -0.2) is 4.98 Å². The molecule has 0 saturated heterocycles. The molecular weight excluding hydrogens is 294 g/mol. The van der Waals surface area contributed by atoms with Crippen LogP contribution in [0.1, 0.15) is 38.6 Å². The monoisotopic (exact) mass is 319 g/mol. The van der Waals surface area contributed by atoms with E-state index < -0.39 is 5.54 Å². The van der Waals surface area contributed by atoms with Crippen LogP contribution in [-0.2, 0) is 11.2 Å². The lowest BCUT2D eigenvalue weighted by molar-refractivity contribution is -0.122. The Morgan fingerprint density at radius 1 is 1.48 bits per heavy atom. The molecule has 0 bridgehead atoms. The zero-order valence-electron chi connectivity index (χ0n) is 14.2. The molecule has 0 aliphatic rings. The first kappa shape index (κ1) is 17.3. The molecule has 1 amide bonds. The van der Waals surface area contributed by atoms with Gasteiger partial charge in [0.05, 0.1) is 18.4 Å². The van der Waals surface area contributed by atoms with Crippen molar-refractivity contribution < 1.29 is 13.6 Å². The molecular formula is C17H25N3O3. The van der Waals surface area contributed by atoms with Gasteiger partial charge in [-0.15, -0.1) is 0 Å². The lowest BCUT2D eigenvalue weighted by atomic mass is 9.90. The minimum absolute atomic E-state index is 0.110. The number of nitrogens with one attached hydrogen (secondary N) is 1. The molecule has 0 saturated carbocycles. The molecule has 0 aliphatic carbocycles. The molecule has 0 radical (unpaired) electrons. The van der Waals surface area contributed by atoms with Crippen molar-refractivity contribution in [1.82, 2.24) is 10.3 Å². The van der Waals surface area contributed by atoms with E-state index in [0.717, 1.165) is 6.42 Å². The number of furan rings is 1. The smallest absolute Gasteiger partial charge is 0.263 e. The van der Waals surface area contributed by atoms with Crippen molar-refractivity contribution in [3.63, 3.8) is 0 Å². The maximum absolute atomic E-state index is 12.3. The van der Waals surface area contributed by atoms with Gasteiger partial charge in [-0.2, -0.15) is 0 Å². The van der Waals surface area contributed by atoms with Crippen molar-refractivity contribution in [2.24, 2.45) is 11.7 Å². The largest absolute Gasteiger partial charge is 0.459 e. The van der Waals surface area contributed by atoms with Gasteiger partial charge in [-0.05, 0) is 38.3 Å². The van der Waals surface area contributed by atoms with Gasteiger partial charge < -0.3 is 19.9 Å². The number of oxazole rings is 1. The first-order valence-corrected chi connectivity index (χ1v) is 7.84. The third-order valence-electron chi connectivity index (χ3n) is 3.70. The zero-order chi connectivity index (χ0) is 17.0. The Hall–Kier alpha value is -2.08. The summed E-state index contributed by atoms with van der Waals surface area (Å²) in [7, 11) is 0. The number of amides is 1. The van der Waals surface area contributed by atoms with E-state index in [1.807, 2.05) is 6.92 Å². The summed E-state index contributed by atoms with van der Waals surface area (Å²) in [5.41, 5.74) is 6.03. The van der Waals surface area contributed by atoms with Gasteiger partial charge in [0.25, 0.3) is 5.89 Å². The van der Waals surface area contributed by atoms with Crippen molar-refractivity contribution in [3.8, 4) is 11.7 Å². The molecule has 0 spiro atoms. The van der Waals surface area contributed by atoms with Crippen LogP contribution in [0.3, 0.4) is 0 Å². The molecule has 2 heterocycles. The van der Waals surface area contributed by atoms with Crippen LogP contribution in [0.2, 0.25) is 0 Å².